The summed E-state index contributed by atoms with van der Waals surface area (Å²) >= 11 is 0. The van der Waals surface area contributed by atoms with Crippen molar-refractivity contribution in [1.82, 2.24) is 9.97 Å². The number of rotatable bonds is 7. The molecule has 1 aliphatic carbocycles. The van der Waals surface area contributed by atoms with Crippen LogP contribution in [-0.2, 0) is 17.3 Å². The molecular weight excluding hydrogens is 426 g/mol. The fourth-order valence-corrected chi connectivity index (χ4v) is 9.49. The van der Waals surface area contributed by atoms with Gasteiger partial charge in [0.25, 0.3) is 8.32 Å². The van der Waals surface area contributed by atoms with E-state index in [1.54, 1.807) is 0 Å². The van der Waals surface area contributed by atoms with Crippen molar-refractivity contribution in [3.05, 3.63) is 94.4 Å². The average molecular weight is 458 g/mol. The Labute approximate surface area is 196 Å². The van der Waals surface area contributed by atoms with Crippen LogP contribution in [0, 0.1) is 0 Å². The lowest BCUT2D eigenvalue weighted by Crippen LogP contribution is -2.66. The lowest BCUT2D eigenvalue weighted by Gasteiger charge is -2.43. The van der Waals surface area contributed by atoms with E-state index in [4.69, 9.17) is 14.9 Å². The number of hydrogen-bond donors (Lipinski definition) is 0. The van der Waals surface area contributed by atoms with Crippen molar-refractivity contribution in [2.24, 2.45) is 5.11 Å². The molecule has 170 valence electrons. The summed E-state index contributed by atoms with van der Waals surface area (Å²) in [5.41, 5.74) is 10.8. The van der Waals surface area contributed by atoms with Gasteiger partial charge in [0.1, 0.15) is 5.82 Å². The van der Waals surface area contributed by atoms with Gasteiger partial charge in [-0.3, -0.25) is 0 Å². The first-order valence-electron chi connectivity index (χ1n) is 11.6. The van der Waals surface area contributed by atoms with Crippen LogP contribution in [0.3, 0.4) is 0 Å². The minimum atomic E-state index is -2.56. The molecule has 0 saturated heterocycles. The first kappa shape index (κ1) is 23.2. The van der Waals surface area contributed by atoms with Crippen molar-refractivity contribution in [3.63, 3.8) is 0 Å². The molecule has 0 saturated carbocycles. The number of nitrogens with zero attached hydrogens (tertiary/aromatic N) is 5. The third kappa shape index (κ3) is 4.71. The summed E-state index contributed by atoms with van der Waals surface area (Å²) in [5, 5.41) is 6.41. The van der Waals surface area contributed by atoms with E-state index in [9.17, 15) is 0 Å². The van der Waals surface area contributed by atoms with E-state index >= 15 is 0 Å². The highest BCUT2D eigenvalue weighted by Crippen LogP contribution is 2.37. The fraction of sp³-hybridized carbons (Fsp3) is 0.385. The number of hydrogen-bond acceptors (Lipinski definition) is 4. The minimum absolute atomic E-state index is 0.0606. The molecule has 6 nitrogen and oxygen atoms in total. The van der Waals surface area contributed by atoms with Gasteiger partial charge in [-0.05, 0) is 40.2 Å². The van der Waals surface area contributed by atoms with Crippen LogP contribution in [0.15, 0.2) is 72.0 Å². The van der Waals surface area contributed by atoms with Gasteiger partial charge in [0, 0.05) is 35.4 Å². The number of aromatic nitrogens is 2. The number of benzene rings is 2. The first-order valence-corrected chi connectivity index (χ1v) is 13.5. The number of fused-ring (bicyclic) bond motifs is 1. The van der Waals surface area contributed by atoms with Crippen LogP contribution >= 0.6 is 0 Å². The van der Waals surface area contributed by atoms with Crippen molar-refractivity contribution in [2.45, 2.75) is 57.5 Å². The molecule has 0 bridgehead atoms. The molecule has 0 radical (unpaired) electrons. The Balaban J connectivity index is 1.62. The van der Waals surface area contributed by atoms with Gasteiger partial charge in [0.15, 0.2) is 0 Å². The second-order valence-corrected chi connectivity index (χ2v) is 13.9. The Bertz CT molecular complexity index is 1080. The predicted octanol–water partition coefficient (Wildman–Crippen LogP) is 5.28. The summed E-state index contributed by atoms with van der Waals surface area (Å²) < 4.78 is 6.97. The Morgan fingerprint density at radius 1 is 1.06 bits per heavy atom. The molecule has 1 atom stereocenters. The third-order valence-corrected chi connectivity index (χ3v) is 11.5. The Morgan fingerprint density at radius 2 is 1.70 bits per heavy atom. The molecule has 0 N–H and O–H groups in total. The molecule has 1 unspecified atom stereocenters. The van der Waals surface area contributed by atoms with Crippen molar-refractivity contribution in [3.8, 4) is 0 Å². The molecule has 1 aromatic heterocycles. The summed E-state index contributed by atoms with van der Waals surface area (Å²) in [6.45, 7) is 7.39. The largest absolute Gasteiger partial charge is 0.407 e. The van der Waals surface area contributed by atoms with Gasteiger partial charge in [0.2, 0.25) is 0 Å². The average Bonchev–Trinajstić information content (AvgIpc) is 2.82. The Morgan fingerprint density at radius 3 is 2.27 bits per heavy atom. The molecule has 2 aromatic carbocycles. The maximum Gasteiger partial charge on any atom is 0.261 e. The highest BCUT2D eigenvalue weighted by atomic mass is 28.4. The maximum absolute atomic E-state index is 8.85. The standard InChI is InChI=1S/C26H31N5OSi/c1-26(2,3)33(20-11-6-4-7-12-20,21-13-8-5-9-14-21)32-18-17-25-28-19-22-23(29-25)15-10-16-24(22)30-31-27/h4-9,11-14,19,24H,10,15-18H2,1-3H3. The molecule has 0 fully saturated rings. The van der Waals surface area contributed by atoms with Gasteiger partial charge in [-0.25, -0.2) is 9.97 Å². The van der Waals surface area contributed by atoms with E-state index < -0.39 is 8.32 Å². The predicted molar refractivity (Wildman–Crippen MR) is 134 cm³/mol. The SMILES string of the molecule is CC(C)(C)[Si](OCCc1ncc2c(n1)CCCC2N=[N+]=[N-])(c1ccccc1)c1ccccc1. The minimum Gasteiger partial charge on any atom is -0.407 e. The second kappa shape index (κ2) is 9.87. The monoisotopic (exact) mass is 457 g/mol. The van der Waals surface area contributed by atoms with Gasteiger partial charge in [-0.1, -0.05) is 86.5 Å². The molecule has 0 spiro atoms. The summed E-state index contributed by atoms with van der Waals surface area (Å²) in [6.07, 6.45) is 5.23. The van der Waals surface area contributed by atoms with Crippen LogP contribution in [0.5, 0.6) is 0 Å². The van der Waals surface area contributed by atoms with E-state index in [-0.39, 0.29) is 11.1 Å². The summed E-state index contributed by atoms with van der Waals surface area (Å²) in [6, 6.07) is 21.2. The zero-order chi connectivity index (χ0) is 23.3. The van der Waals surface area contributed by atoms with Gasteiger partial charge < -0.3 is 4.43 Å². The molecule has 4 rings (SSSR count). The molecular formula is C26H31N5OSi. The lowest BCUT2D eigenvalue weighted by atomic mass is 9.93. The first-order chi connectivity index (χ1) is 16.0. The number of aryl methyl sites for hydroxylation is 1. The van der Waals surface area contributed by atoms with Crippen LogP contribution in [-0.4, -0.2) is 24.9 Å². The Kier molecular flexibility index (Phi) is 6.93. The topological polar surface area (TPSA) is 83.8 Å². The van der Waals surface area contributed by atoms with E-state index in [1.165, 1.54) is 10.4 Å². The summed E-state index contributed by atoms with van der Waals surface area (Å²) in [4.78, 5) is 12.4. The van der Waals surface area contributed by atoms with Crippen LogP contribution in [0.1, 0.15) is 56.7 Å². The van der Waals surface area contributed by atoms with Crippen LogP contribution < -0.4 is 10.4 Å². The normalized spacial score (nSPS) is 16.0. The highest BCUT2D eigenvalue weighted by Gasteiger charge is 2.50. The molecule has 1 heterocycles. The maximum atomic E-state index is 8.85. The molecule has 1 aliphatic rings. The molecule has 3 aromatic rings. The van der Waals surface area contributed by atoms with E-state index in [1.807, 2.05) is 6.20 Å². The zero-order valence-corrected chi connectivity index (χ0v) is 20.6. The Hall–Kier alpha value is -2.99. The zero-order valence-electron chi connectivity index (χ0n) is 19.6. The van der Waals surface area contributed by atoms with E-state index in [0.29, 0.717) is 13.0 Å². The fourth-order valence-electron chi connectivity index (χ4n) is 4.92. The van der Waals surface area contributed by atoms with Gasteiger partial charge in [-0.15, -0.1) is 0 Å². The molecule has 7 heteroatoms. The van der Waals surface area contributed by atoms with Crippen molar-refractivity contribution < 1.29 is 4.43 Å². The van der Waals surface area contributed by atoms with Crippen LogP contribution in [0.25, 0.3) is 10.4 Å². The van der Waals surface area contributed by atoms with E-state index in [0.717, 1.165) is 36.3 Å². The summed E-state index contributed by atoms with van der Waals surface area (Å²) in [7, 11) is -2.56. The number of azide groups is 1. The van der Waals surface area contributed by atoms with Gasteiger partial charge in [0.05, 0.1) is 6.04 Å². The smallest absolute Gasteiger partial charge is 0.261 e. The molecule has 33 heavy (non-hydrogen) atoms. The van der Waals surface area contributed by atoms with Crippen LogP contribution in [0.4, 0.5) is 0 Å². The highest BCUT2D eigenvalue weighted by molar-refractivity contribution is 6.99. The lowest BCUT2D eigenvalue weighted by molar-refractivity contribution is 0.299. The van der Waals surface area contributed by atoms with Crippen LogP contribution in [0.2, 0.25) is 5.04 Å². The molecule has 0 aliphatic heterocycles. The van der Waals surface area contributed by atoms with Crippen molar-refractivity contribution in [2.75, 3.05) is 6.61 Å². The van der Waals surface area contributed by atoms with E-state index in [2.05, 4.69) is 96.4 Å². The third-order valence-electron chi connectivity index (χ3n) is 6.45. The van der Waals surface area contributed by atoms with Crippen molar-refractivity contribution in [1.29, 1.82) is 0 Å². The van der Waals surface area contributed by atoms with Crippen molar-refractivity contribution >= 4 is 18.7 Å². The summed E-state index contributed by atoms with van der Waals surface area (Å²) in [5.74, 6) is 0.785. The quantitative estimate of drug-likeness (QED) is 0.209. The second-order valence-electron chi connectivity index (χ2n) is 9.56. The van der Waals surface area contributed by atoms with Gasteiger partial charge in [-0.2, -0.15) is 0 Å². The molecule has 0 amide bonds. The van der Waals surface area contributed by atoms with Gasteiger partial charge >= 0.3 is 0 Å².